The number of nitrogens with zero attached hydrogens (tertiary/aromatic N) is 1. The fourth-order valence-corrected chi connectivity index (χ4v) is 2.77. The summed E-state index contributed by atoms with van der Waals surface area (Å²) in [5, 5.41) is 3.00. The molecular formula is C12H20N4O3S. The van der Waals surface area contributed by atoms with Crippen molar-refractivity contribution in [1.82, 2.24) is 9.71 Å². The molecule has 0 atom stereocenters. The zero-order valence-electron chi connectivity index (χ0n) is 11.8. The van der Waals surface area contributed by atoms with E-state index in [0.29, 0.717) is 12.4 Å². The molecule has 1 heterocycles. The van der Waals surface area contributed by atoms with Crippen LogP contribution in [0, 0.1) is 0 Å². The molecule has 0 aliphatic carbocycles. The number of pyridine rings is 1. The highest BCUT2D eigenvalue weighted by molar-refractivity contribution is 7.89. The first kappa shape index (κ1) is 16.4. The maximum atomic E-state index is 12.2. The van der Waals surface area contributed by atoms with Gasteiger partial charge in [0.05, 0.1) is 4.90 Å². The minimum atomic E-state index is -3.84. The molecule has 0 spiro atoms. The van der Waals surface area contributed by atoms with Crippen molar-refractivity contribution in [3.63, 3.8) is 0 Å². The van der Waals surface area contributed by atoms with E-state index in [0.717, 1.165) is 6.42 Å². The number of sulfonamides is 1. The number of anilines is 1. The second-order valence-corrected chi connectivity index (χ2v) is 6.58. The Balaban J connectivity index is 3.01. The van der Waals surface area contributed by atoms with Crippen LogP contribution < -0.4 is 15.8 Å². The maximum absolute atomic E-state index is 12.2. The van der Waals surface area contributed by atoms with Crippen molar-refractivity contribution in [2.45, 2.75) is 37.6 Å². The van der Waals surface area contributed by atoms with Crippen molar-refractivity contribution in [3.8, 4) is 0 Å². The Bertz CT molecular complexity index is 584. The Kier molecular flexibility index (Phi) is 5.07. The molecule has 1 amide bonds. The predicted molar refractivity (Wildman–Crippen MR) is 76.6 cm³/mol. The van der Waals surface area contributed by atoms with Crippen molar-refractivity contribution in [3.05, 3.63) is 18.3 Å². The quantitative estimate of drug-likeness (QED) is 0.676. The first-order valence-corrected chi connectivity index (χ1v) is 7.71. The topological polar surface area (TPSA) is 114 Å². The number of amides is 1. The number of nitrogens with two attached hydrogens (primary N) is 1. The van der Waals surface area contributed by atoms with Gasteiger partial charge in [-0.2, -0.15) is 4.72 Å². The summed E-state index contributed by atoms with van der Waals surface area (Å²) in [7, 11) is -3.84. The minimum absolute atomic E-state index is 0.0282. The average Bonchev–Trinajstić information content (AvgIpc) is 2.35. The average molecular weight is 300 g/mol. The molecular weight excluding hydrogens is 280 g/mol. The van der Waals surface area contributed by atoms with E-state index in [1.54, 1.807) is 0 Å². The van der Waals surface area contributed by atoms with E-state index in [1.165, 1.54) is 32.2 Å². The highest BCUT2D eigenvalue weighted by Crippen LogP contribution is 2.15. The van der Waals surface area contributed by atoms with Gasteiger partial charge >= 0.3 is 0 Å². The van der Waals surface area contributed by atoms with Gasteiger partial charge in [0, 0.05) is 18.8 Å². The first-order chi connectivity index (χ1) is 9.19. The van der Waals surface area contributed by atoms with Crippen molar-refractivity contribution in [1.29, 1.82) is 0 Å². The molecule has 4 N–H and O–H groups in total. The molecule has 1 aromatic rings. The second-order valence-electron chi connectivity index (χ2n) is 4.90. The minimum Gasteiger partial charge on any atom is -0.370 e. The van der Waals surface area contributed by atoms with Crippen molar-refractivity contribution < 1.29 is 13.2 Å². The maximum Gasteiger partial charge on any atom is 0.241 e. The highest BCUT2D eigenvalue weighted by atomic mass is 32.2. The molecule has 0 bridgehead atoms. The van der Waals surface area contributed by atoms with E-state index in [9.17, 15) is 13.2 Å². The predicted octanol–water partition coefficient (Wildman–Crippen LogP) is 0.446. The monoisotopic (exact) mass is 300 g/mol. The molecule has 1 aromatic heterocycles. The van der Waals surface area contributed by atoms with Gasteiger partial charge in [-0.3, -0.25) is 4.79 Å². The lowest BCUT2D eigenvalue weighted by molar-refractivity contribution is -0.122. The highest BCUT2D eigenvalue weighted by Gasteiger charge is 2.31. The molecule has 20 heavy (non-hydrogen) atoms. The van der Waals surface area contributed by atoms with Gasteiger partial charge in [-0.25, -0.2) is 13.4 Å². The third-order valence-corrected chi connectivity index (χ3v) is 4.26. The van der Waals surface area contributed by atoms with E-state index < -0.39 is 21.5 Å². The summed E-state index contributed by atoms with van der Waals surface area (Å²) in [6.07, 6.45) is 2.29. The lowest BCUT2D eigenvalue weighted by Crippen LogP contribution is -2.52. The fraction of sp³-hybridized carbons (Fsp3) is 0.500. The molecule has 0 saturated carbocycles. The normalized spacial score (nSPS) is 12.2. The van der Waals surface area contributed by atoms with Crippen LogP contribution in [0.25, 0.3) is 0 Å². The summed E-state index contributed by atoms with van der Waals surface area (Å²) < 4.78 is 26.7. The van der Waals surface area contributed by atoms with Crippen LogP contribution >= 0.6 is 0 Å². The molecule has 0 aliphatic heterocycles. The lowest BCUT2D eigenvalue weighted by Gasteiger charge is -2.22. The standard InChI is InChI=1S/C12H20N4O3S/c1-4-6-14-10-8-9(5-7-15-10)20(18,19)16-12(2,3)11(13)17/h5,7-8,16H,4,6H2,1-3H3,(H2,13,17)(H,14,15). The fourth-order valence-electron chi connectivity index (χ4n) is 1.37. The van der Waals surface area contributed by atoms with E-state index in [2.05, 4.69) is 15.0 Å². The van der Waals surface area contributed by atoms with Gasteiger partial charge in [0.25, 0.3) is 0 Å². The van der Waals surface area contributed by atoms with Gasteiger partial charge in [0.2, 0.25) is 15.9 Å². The Morgan fingerprint density at radius 3 is 2.65 bits per heavy atom. The molecule has 0 saturated heterocycles. The van der Waals surface area contributed by atoms with Crippen molar-refractivity contribution >= 4 is 21.7 Å². The zero-order chi connectivity index (χ0) is 15.4. The van der Waals surface area contributed by atoms with Crippen LogP contribution in [0.5, 0.6) is 0 Å². The molecule has 8 heteroatoms. The van der Waals surface area contributed by atoms with Gasteiger partial charge < -0.3 is 11.1 Å². The number of carbonyl (C=O) groups is 1. The van der Waals surface area contributed by atoms with Gasteiger partial charge in [-0.1, -0.05) is 6.92 Å². The molecule has 7 nitrogen and oxygen atoms in total. The Morgan fingerprint density at radius 1 is 1.45 bits per heavy atom. The summed E-state index contributed by atoms with van der Waals surface area (Å²) in [4.78, 5) is 15.3. The van der Waals surface area contributed by atoms with Gasteiger partial charge in [-0.15, -0.1) is 0 Å². The van der Waals surface area contributed by atoms with Crippen LogP contribution in [-0.2, 0) is 14.8 Å². The van der Waals surface area contributed by atoms with Crippen LogP contribution in [-0.4, -0.2) is 31.4 Å². The lowest BCUT2D eigenvalue weighted by atomic mass is 10.1. The Morgan fingerprint density at radius 2 is 2.10 bits per heavy atom. The molecule has 0 fully saturated rings. The van der Waals surface area contributed by atoms with Crippen molar-refractivity contribution in [2.75, 3.05) is 11.9 Å². The van der Waals surface area contributed by atoms with Crippen LogP contribution in [0.1, 0.15) is 27.2 Å². The van der Waals surface area contributed by atoms with E-state index in [1.807, 2.05) is 6.92 Å². The van der Waals surface area contributed by atoms with Crippen LogP contribution in [0.3, 0.4) is 0 Å². The summed E-state index contributed by atoms with van der Waals surface area (Å²) >= 11 is 0. The molecule has 1 rings (SSSR count). The third kappa shape index (κ3) is 4.17. The summed E-state index contributed by atoms with van der Waals surface area (Å²) in [5.74, 6) is -0.286. The van der Waals surface area contributed by atoms with E-state index in [4.69, 9.17) is 5.73 Å². The smallest absolute Gasteiger partial charge is 0.241 e. The van der Waals surface area contributed by atoms with Crippen LogP contribution in [0.2, 0.25) is 0 Å². The molecule has 0 unspecified atom stereocenters. The van der Waals surface area contributed by atoms with Crippen molar-refractivity contribution in [2.24, 2.45) is 5.73 Å². The van der Waals surface area contributed by atoms with Crippen LogP contribution in [0.15, 0.2) is 23.2 Å². The van der Waals surface area contributed by atoms with Gasteiger partial charge in [-0.05, 0) is 26.3 Å². The SMILES string of the molecule is CCCNc1cc(S(=O)(=O)NC(C)(C)C(N)=O)ccn1. The van der Waals surface area contributed by atoms with E-state index >= 15 is 0 Å². The number of rotatable bonds is 7. The first-order valence-electron chi connectivity index (χ1n) is 6.23. The number of aromatic nitrogens is 1. The number of primary amides is 1. The number of hydrogen-bond acceptors (Lipinski definition) is 5. The van der Waals surface area contributed by atoms with Crippen LogP contribution in [0.4, 0.5) is 5.82 Å². The summed E-state index contributed by atoms with van der Waals surface area (Å²) in [5.41, 5.74) is 3.80. The molecule has 0 radical (unpaired) electrons. The number of hydrogen-bond donors (Lipinski definition) is 3. The van der Waals surface area contributed by atoms with E-state index in [-0.39, 0.29) is 4.90 Å². The molecule has 0 aliphatic rings. The summed E-state index contributed by atoms with van der Waals surface area (Å²) in [6, 6.07) is 2.77. The summed E-state index contributed by atoms with van der Waals surface area (Å²) in [6.45, 7) is 5.50. The Hall–Kier alpha value is -1.67. The van der Waals surface area contributed by atoms with Gasteiger partial charge in [0.15, 0.2) is 0 Å². The number of nitrogens with one attached hydrogen (secondary N) is 2. The molecule has 112 valence electrons. The largest absolute Gasteiger partial charge is 0.370 e. The number of carbonyl (C=O) groups excluding carboxylic acids is 1. The molecule has 0 aromatic carbocycles. The third-order valence-electron chi connectivity index (χ3n) is 2.60. The second kappa shape index (κ2) is 6.19. The Labute approximate surface area is 119 Å². The van der Waals surface area contributed by atoms with Gasteiger partial charge in [0.1, 0.15) is 11.4 Å². The zero-order valence-corrected chi connectivity index (χ0v) is 12.6.